The number of nitrogens with zero attached hydrogens (tertiary/aromatic N) is 1. The first-order valence-corrected chi connectivity index (χ1v) is 3.24. The van der Waals surface area contributed by atoms with Gasteiger partial charge < -0.3 is 9.84 Å². The fraction of sp³-hybridized carbons (Fsp3) is 0.286. The fourth-order valence-corrected chi connectivity index (χ4v) is 0.791. The molecule has 0 atom stereocenters. The molecule has 0 amide bonds. The molecule has 0 unspecified atom stereocenters. The summed E-state index contributed by atoms with van der Waals surface area (Å²) in [6.07, 6.45) is 1.48. The van der Waals surface area contributed by atoms with Crippen molar-refractivity contribution in [1.29, 1.82) is 0 Å². The standard InChI is InChI=1S/C7H7NO4/c1-12-5-3-2-4(9)6(8-5)7(10)11/h3H,2H2,1H3,(H,10,11). The average molecular weight is 169 g/mol. The van der Waals surface area contributed by atoms with Crippen molar-refractivity contribution in [3.63, 3.8) is 0 Å². The molecule has 0 fully saturated rings. The lowest BCUT2D eigenvalue weighted by atomic mass is 10.1. The van der Waals surface area contributed by atoms with Gasteiger partial charge in [0.1, 0.15) is 0 Å². The molecule has 0 aromatic heterocycles. The molecule has 1 aliphatic rings. The maximum Gasteiger partial charge on any atom is 0.358 e. The van der Waals surface area contributed by atoms with Crippen LogP contribution in [0.15, 0.2) is 17.0 Å². The lowest BCUT2D eigenvalue weighted by molar-refractivity contribution is -0.130. The summed E-state index contributed by atoms with van der Waals surface area (Å²) in [6.45, 7) is 0. The summed E-state index contributed by atoms with van der Waals surface area (Å²) in [7, 11) is 1.37. The SMILES string of the molecule is COC1=CCC(=O)C(C(=O)O)=N1. The summed E-state index contributed by atoms with van der Waals surface area (Å²) in [5, 5.41) is 8.49. The molecule has 1 aliphatic heterocycles. The molecule has 1 rings (SSSR count). The summed E-state index contributed by atoms with van der Waals surface area (Å²) >= 11 is 0. The van der Waals surface area contributed by atoms with Gasteiger partial charge >= 0.3 is 5.97 Å². The first-order valence-electron chi connectivity index (χ1n) is 3.24. The van der Waals surface area contributed by atoms with Gasteiger partial charge in [-0.25, -0.2) is 9.79 Å². The quantitative estimate of drug-likeness (QED) is 0.629. The maximum atomic E-state index is 10.9. The van der Waals surface area contributed by atoms with Crippen LogP contribution in [-0.2, 0) is 14.3 Å². The van der Waals surface area contributed by atoms with Crippen molar-refractivity contribution in [2.45, 2.75) is 6.42 Å². The van der Waals surface area contributed by atoms with E-state index in [2.05, 4.69) is 9.73 Å². The molecule has 1 heterocycles. The number of Topliss-reactive ketones (excluding diaryl/α,β-unsaturated/α-hetero) is 1. The Kier molecular flexibility index (Phi) is 2.23. The van der Waals surface area contributed by atoms with Crippen molar-refractivity contribution in [3.05, 3.63) is 12.0 Å². The van der Waals surface area contributed by atoms with Crippen LogP contribution in [-0.4, -0.2) is 29.7 Å². The molecule has 0 spiro atoms. The summed E-state index contributed by atoms with van der Waals surface area (Å²) in [6, 6.07) is 0. The number of carbonyl (C=O) groups is 2. The second kappa shape index (κ2) is 3.17. The highest BCUT2D eigenvalue weighted by atomic mass is 16.5. The minimum absolute atomic E-state index is 0.0360. The number of ether oxygens (including phenoxy) is 1. The van der Waals surface area contributed by atoms with E-state index >= 15 is 0 Å². The Morgan fingerprint density at radius 3 is 2.92 bits per heavy atom. The van der Waals surface area contributed by atoms with Crippen LogP contribution >= 0.6 is 0 Å². The normalized spacial score (nSPS) is 16.6. The van der Waals surface area contributed by atoms with Crippen LogP contribution in [0.1, 0.15) is 6.42 Å². The lowest BCUT2D eigenvalue weighted by Gasteiger charge is -2.06. The molecule has 1 N–H and O–H groups in total. The summed E-state index contributed by atoms with van der Waals surface area (Å²) in [5.74, 6) is -1.64. The van der Waals surface area contributed by atoms with E-state index in [1.807, 2.05) is 0 Å². The van der Waals surface area contributed by atoms with Crippen LogP contribution in [0, 0.1) is 0 Å². The molecule has 0 bridgehead atoms. The van der Waals surface area contributed by atoms with Crippen LogP contribution in [0.4, 0.5) is 0 Å². The van der Waals surface area contributed by atoms with Crippen molar-refractivity contribution in [2.75, 3.05) is 7.11 Å². The number of carboxylic acids is 1. The highest BCUT2D eigenvalue weighted by Crippen LogP contribution is 2.08. The van der Waals surface area contributed by atoms with E-state index in [9.17, 15) is 9.59 Å². The molecule has 5 nitrogen and oxygen atoms in total. The number of carboxylic acid groups (broad SMARTS) is 1. The van der Waals surface area contributed by atoms with E-state index in [4.69, 9.17) is 5.11 Å². The Morgan fingerprint density at radius 1 is 1.75 bits per heavy atom. The van der Waals surface area contributed by atoms with Crippen molar-refractivity contribution in [3.8, 4) is 0 Å². The maximum absolute atomic E-state index is 10.9. The molecule has 0 aliphatic carbocycles. The number of rotatable bonds is 2. The van der Waals surface area contributed by atoms with Crippen molar-refractivity contribution in [2.24, 2.45) is 4.99 Å². The van der Waals surface area contributed by atoms with Gasteiger partial charge in [-0.1, -0.05) is 0 Å². The number of aliphatic carboxylic acids is 1. The van der Waals surface area contributed by atoms with Gasteiger partial charge in [-0.15, -0.1) is 0 Å². The number of hydrogen-bond acceptors (Lipinski definition) is 4. The monoisotopic (exact) mass is 169 g/mol. The zero-order chi connectivity index (χ0) is 9.14. The van der Waals surface area contributed by atoms with E-state index in [1.54, 1.807) is 0 Å². The van der Waals surface area contributed by atoms with Crippen LogP contribution in [0.5, 0.6) is 0 Å². The summed E-state index contributed by atoms with van der Waals surface area (Å²) < 4.78 is 4.68. The third-order valence-electron chi connectivity index (χ3n) is 1.36. The van der Waals surface area contributed by atoms with Gasteiger partial charge in [-0.2, -0.15) is 0 Å². The molecule has 5 heteroatoms. The molecular formula is C7H7NO4. The first-order chi connectivity index (χ1) is 5.65. The van der Waals surface area contributed by atoms with Crippen LogP contribution in [0.2, 0.25) is 0 Å². The van der Waals surface area contributed by atoms with Gasteiger partial charge in [0.25, 0.3) is 0 Å². The zero-order valence-electron chi connectivity index (χ0n) is 6.40. The van der Waals surface area contributed by atoms with E-state index in [0.29, 0.717) is 0 Å². The van der Waals surface area contributed by atoms with E-state index in [0.717, 1.165) is 0 Å². The molecule has 0 saturated carbocycles. The third-order valence-corrected chi connectivity index (χ3v) is 1.36. The topological polar surface area (TPSA) is 76.0 Å². The van der Waals surface area contributed by atoms with Gasteiger partial charge in [0.05, 0.1) is 7.11 Å². The fourth-order valence-electron chi connectivity index (χ4n) is 0.791. The van der Waals surface area contributed by atoms with E-state index < -0.39 is 17.5 Å². The molecule has 0 saturated heterocycles. The lowest BCUT2D eigenvalue weighted by Crippen LogP contribution is -2.25. The van der Waals surface area contributed by atoms with Crippen molar-refractivity contribution >= 4 is 17.5 Å². The zero-order valence-corrected chi connectivity index (χ0v) is 6.40. The molecular weight excluding hydrogens is 162 g/mol. The Bertz CT molecular complexity index is 290. The third kappa shape index (κ3) is 1.50. The number of aliphatic imine (C=N–C) groups is 1. The number of hydrogen-bond donors (Lipinski definition) is 1. The van der Waals surface area contributed by atoms with E-state index in [-0.39, 0.29) is 12.3 Å². The Morgan fingerprint density at radius 2 is 2.42 bits per heavy atom. The highest BCUT2D eigenvalue weighted by Gasteiger charge is 2.22. The smallest absolute Gasteiger partial charge is 0.358 e. The van der Waals surface area contributed by atoms with Gasteiger partial charge in [0.2, 0.25) is 5.88 Å². The molecule has 0 aromatic rings. The van der Waals surface area contributed by atoms with Crippen molar-refractivity contribution in [1.82, 2.24) is 0 Å². The number of allylic oxidation sites excluding steroid dienone is 1. The summed E-state index contributed by atoms with van der Waals surface area (Å²) in [5.41, 5.74) is -0.464. The second-order valence-corrected chi connectivity index (χ2v) is 2.14. The largest absolute Gasteiger partial charge is 0.481 e. The van der Waals surface area contributed by atoms with Crippen LogP contribution in [0.25, 0.3) is 0 Å². The predicted molar refractivity (Wildman–Crippen MR) is 39.8 cm³/mol. The first kappa shape index (κ1) is 8.45. The molecule has 0 aromatic carbocycles. The number of carbonyl (C=O) groups excluding carboxylic acids is 1. The molecule has 64 valence electrons. The molecule has 0 radical (unpaired) electrons. The average Bonchev–Trinajstić information content (AvgIpc) is 2.05. The Balaban J connectivity index is 2.95. The Labute approximate surface area is 68.4 Å². The van der Waals surface area contributed by atoms with Gasteiger partial charge in [0.15, 0.2) is 11.5 Å². The van der Waals surface area contributed by atoms with Crippen LogP contribution < -0.4 is 0 Å². The second-order valence-electron chi connectivity index (χ2n) is 2.14. The van der Waals surface area contributed by atoms with Gasteiger partial charge in [-0.3, -0.25) is 4.79 Å². The minimum atomic E-state index is -1.32. The van der Waals surface area contributed by atoms with Crippen LogP contribution in [0.3, 0.4) is 0 Å². The van der Waals surface area contributed by atoms with E-state index in [1.165, 1.54) is 13.2 Å². The van der Waals surface area contributed by atoms with Crippen molar-refractivity contribution < 1.29 is 19.4 Å². The predicted octanol–water partition coefficient (Wildman–Crippen LogP) is -0.0274. The number of methoxy groups -OCH3 is 1. The molecule has 12 heavy (non-hydrogen) atoms. The minimum Gasteiger partial charge on any atom is -0.481 e. The summed E-state index contributed by atoms with van der Waals surface area (Å²) in [4.78, 5) is 24.8. The highest BCUT2D eigenvalue weighted by molar-refractivity contribution is 6.64. The van der Waals surface area contributed by atoms with Gasteiger partial charge in [0, 0.05) is 6.42 Å². The Hall–Kier alpha value is -1.65. The van der Waals surface area contributed by atoms with Gasteiger partial charge in [-0.05, 0) is 6.08 Å². The number of ketones is 1.